The molecule has 0 radical (unpaired) electrons. The van der Waals surface area contributed by atoms with Crippen LogP contribution in [0, 0.1) is 0 Å². The Hall–Kier alpha value is -2.33. The molecule has 0 aromatic heterocycles. The molecule has 2 heterocycles. The molecule has 0 saturated heterocycles. The molecule has 0 saturated carbocycles. The average Bonchev–Trinajstić information content (AvgIpc) is 2.60. The largest absolute Gasteiger partial charge is 0.363 e. The second-order valence-electron chi connectivity index (χ2n) is 5.80. The monoisotopic (exact) mass is 293 g/mol. The summed E-state index contributed by atoms with van der Waals surface area (Å²) in [6.07, 6.45) is 0.953. The summed E-state index contributed by atoms with van der Waals surface area (Å²) in [4.78, 5) is 8.76. The molecular weight excluding hydrogens is 274 g/mol. The summed E-state index contributed by atoms with van der Waals surface area (Å²) in [7, 11) is 2.01. The Labute approximate surface area is 130 Å². The van der Waals surface area contributed by atoms with E-state index in [0.717, 1.165) is 42.3 Å². The second-order valence-corrected chi connectivity index (χ2v) is 5.80. The van der Waals surface area contributed by atoms with Gasteiger partial charge in [-0.2, -0.15) is 0 Å². The summed E-state index contributed by atoms with van der Waals surface area (Å²) in [5, 5.41) is 11.7. The molecule has 0 bridgehead atoms. The van der Waals surface area contributed by atoms with Gasteiger partial charge < -0.3 is 14.9 Å². The number of para-hydroxylation sites is 1. The van der Waals surface area contributed by atoms with Gasteiger partial charge in [0, 0.05) is 31.3 Å². The zero-order chi connectivity index (χ0) is 15.2. The normalized spacial score (nSPS) is 23.6. The number of guanidine groups is 1. The van der Waals surface area contributed by atoms with Gasteiger partial charge in [0.05, 0.1) is 5.69 Å². The third-order valence-electron chi connectivity index (χ3n) is 4.54. The first-order chi connectivity index (χ1) is 10.7. The van der Waals surface area contributed by atoms with Gasteiger partial charge in [0.15, 0.2) is 5.72 Å². The zero-order valence-corrected chi connectivity index (χ0v) is 12.6. The molecule has 4 rings (SSSR count). The highest BCUT2D eigenvalue weighted by molar-refractivity contribution is 6.00. The first-order valence-electron chi connectivity index (χ1n) is 7.66. The first-order valence-corrected chi connectivity index (χ1v) is 7.66. The van der Waals surface area contributed by atoms with Crippen LogP contribution in [0.1, 0.15) is 17.5 Å². The van der Waals surface area contributed by atoms with Gasteiger partial charge in [-0.05, 0) is 12.5 Å². The van der Waals surface area contributed by atoms with E-state index in [1.54, 1.807) is 0 Å². The number of nitrogens with zero attached hydrogens (tertiary/aromatic N) is 3. The third-order valence-corrected chi connectivity index (χ3v) is 4.54. The van der Waals surface area contributed by atoms with Crippen molar-refractivity contribution in [3.8, 4) is 0 Å². The van der Waals surface area contributed by atoms with Crippen molar-refractivity contribution in [3.05, 3.63) is 65.7 Å². The molecule has 2 aromatic rings. The van der Waals surface area contributed by atoms with Crippen LogP contribution in [0.2, 0.25) is 0 Å². The lowest BCUT2D eigenvalue weighted by atomic mass is 9.88. The summed E-state index contributed by atoms with van der Waals surface area (Å²) >= 11 is 0. The first kappa shape index (κ1) is 13.3. The number of benzene rings is 2. The maximum Gasteiger partial charge on any atom is 0.203 e. The van der Waals surface area contributed by atoms with E-state index in [1.807, 2.05) is 66.5 Å². The Morgan fingerprint density at radius 3 is 2.59 bits per heavy atom. The molecule has 0 fully saturated rings. The Morgan fingerprint density at radius 1 is 1.05 bits per heavy atom. The fourth-order valence-electron chi connectivity index (χ4n) is 3.48. The SMILES string of the molecule is CN1C2=NCCCN2C(O)(c2ccccc2)c2ccccc21. The Bertz CT molecular complexity index is 728. The van der Waals surface area contributed by atoms with Crippen LogP contribution in [-0.2, 0) is 5.72 Å². The van der Waals surface area contributed by atoms with E-state index in [4.69, 9.17) is 0 Å². The number of rotatable bonds is 1. The molecule has 1 N–H and O–H groups in total. The Morgan fingerprint density at radius 2 is 1.77 bits per heavy atom. The molecule has 0 amide bonds. The van der Waals surface area contributed by atoms with Gasteiger partial charge in [0.1, 0.15) is 0 Å². The van der Waals surface area contributed by atoms with Gasteiger partial charge in [-0.3, -0.25) is 4.99 Å². The lowest BCUT2D eigenvalue weighted by molar-refractivity contribution is -0.0442. The Balaban J connectivity index is 2.01. The van der Waals surface area contributed by atoms with E-state index in [9.17, 15) is 5.11 Å². The number of anilines is 1. The Kier molecular flexibility index (Phi) is 2.94. The van der Waals surface area contributed by atoms with Gasteiger partial charge in [0.25, 0.3) is 0 Å². The molecule has 0 spiro atoms. The van der Waals surface area contributed by atoms with Crippen molar-refractivity contribution in [3.63, 3.8) is 0 Å². The highest BCUT2D eigenvalue weighted by Gasteiger charge is 2.47. The predicted octanol–water partition coefficient (Wildman–Crippen LogP) is 2.39. The molecule has 4 heteroatoms. The van der Waals surface area contributed by atoms with Crippen molar-refractivity contribution >= 4 is 11.6 Å². The van der Waals surface area contributed by atoms with Crippen LogP contribution in [-0.4, -0.2) is 36.1 Å². The van der Waals surface area contributed by atoms with Crippen LogP contribution in [0.15, 0.2) is 59.6 Å². The van der Waals surface area contributed by atoms with E-state index < -0.39 is 5.72 Å². The summed E-state index contributed by atoms with van der Waals surface area (Å²) in [6, 6.07) is 17.9. The van der Waals surface area contributed by atoms with Crippen LogP contribution in [0.3, 0.4) is 0 Å². The van der Waals surface area contributed by atoms with Crippen LogP contribution in [0.25, 0.3) is 0 Å². The van der Waals surface area contributed by atoms with Crippen molar-refractivity contribution < 1.29 is 5.11 Å². The maximum atomic E-state index is 11.7. The van der Waals surface area contributed by atoms with Crippen molar-refractivity contribution in [1.82, 2.24) is 4.90 Å². The molecule has 2 aliphatic rings. The van der Waals surface area contributed by atoms with E-state index in [1.165, 1.54) is 0 Å². The fourth-order valence-corrected chi connectivity index (χ4v) is 3.48. The summed E-state index contributed by atoms with van der Waals surface area (Å²) in [5.74, 6) is 0.844. The standard InChI is InChI=1S/C18H19N3O/c1-20-16-11-6-5-10-15(16)18(22,14-8-3-2-4-9-14)21-13-7-12-19-17(20)21/h2-6,8-11,22H,7,12-13H2,1H3. The van der Waals surface area contributed by atoms with E-state index in [-0.39, 0.29) is 0 Å². The lowest BCUT2D eigenvalue weighted by Gasteiger charge is -2.50. The number of hydrogen-bond acceptors (Lipinski definition) is 4. The average molecular weight is 293 g/mol. The molecule has 4 nitrogen and oxygen atoms in total. The summed E-state index contributed by atoms with van der Waals surface area (Å²) < 4.78 is 0. The second kappa shape index (κ2) is 4.85. The van der Waals surface area contributed by atoms with Crippen molar-refractivity contribution in [2.75, 3.05) is 25.0 Å². The minimum Gasteiger partial charge on any atom is -0.363 e. The minimum absolute atomic E-state index is 0.795. The third kappa shape index (κ3) is 1.70. The van der Waals surface area contributed by atoms with Gasteiger partial charge in [-0.1, -0.05) is 48.5 Å². The van der Waals surface area contributed by atoms with Crippen molar-refractivity contribution in [1.29, 1.82) is 0 Å². The topological polar surface area (TPSA) is 39.1 Å². The molecule has 0 aliphatic carbocycles. The maximum absolute atomic E-state index is 11.7. The highest BCUT2D eigenvalue weighted by atomic mass is 16.3. The molecule has 2 aliphatic heterocycles. The van der Waals surface area contributed by atoms with E-state index in [2.05, 4.69) is 9.89 Å². The minimum atomic E-state index is -1.16. The molecule has 112 valence electrons. The smallest absolute Gasteiger partial charge is 0.203 e. The van der Waals surface area contributed by atoms with Crippen molar-refractivity contribution in [2.24, 2.45) is 4.99 Å². The summed E-state index contributed by atoms with van der Waals surface area (Å²) in [6.45, 7) is 1.60. The number of hydrogen-bond donors (Lipinski definition) is 1. The number of aliphatic hydroxyl groups is 1. The zero-order valence-electron chi connectivity index (χ0n) is 12.6. The molecular formula is C18H19N3O. The van der Waals surface area contributed by atoms with Crippen LogP contribution in [0.5, 0.6) is 0 Å². The van der Waals surface area contributed by atoms with E-state index in [0.29, 0.717) is 0 Å². The van der Waals surface area contributed by atoms with Crippen molar-refractivity contribution in [2.45, 2.75) is 12.1 Å². The van der Waals surface area contributed by atoms with Gasteiger partial charge in [-0.15, -0.1) is 0 Å². The summed E-state index contributed by atoms with van der Waals surface area (Å²) in [5.41, 5.74) is 1.63. The molecule has 2 aromatic carbocycles. The molecule has 1 atom stereocenters. The van der Waals surface area contributed by atoms with E-state index >= 15 is 0 Å². The van der Waals surface area contributed by atoms with Crippen LogP contribution >= 0.6 is 0 Å². The fraction of sp³-hybridized carbons (Fsp3) is 0.278. The number of fused-ring (bicyclic) bond motifs is 2. The van der Waals surface area contributed by atoms with Crippen LogP contribution in [0.4, 0.5) is 5.69 Å². The predicted molar refractivity (Wildman–Crippen MR) is 87.9 cm³/mol. The van der Waals surface area contributed by atoms with Crippen LogP contribution < -0.4 is 4.90 Å². The van der Waals surface area contributed by atoms with Gasteiger partial charge in [-0.25, -0.2) is 0 Å². The lowest BCUT2D eigenvalue weighted by Crippen LogP contribution is -2.60. The quantitative estimate of drug-likeness (QED) is 0.877. The molecule has 22 heavy (non-hydrogen) atoms. The highest BCUT2D eigenvalue weighted by Crippen LogP contribution is 2.43. The molecule has 1 unspecified atom stereocenters. The number of aliphatic imine (C=N–C) groups is 1. The van der Waals surface area contributed by atoms with Gasteiger partial charge in [0.2, 0.25) is 5.96 Å². The van der Waals surface area contributed by atoms with Gasteiger partial charge >= 0.3 is 0 Å².